The molecular weight excluding hydrogens is 252 g/mol. The van der Waals surface area contributed by atoms with E-state index in [-0.39, 0.29) is 22.9 Å². The molecule has 2 rings (SSSR count). The molecule has 1 N–H and O–H groups in total. The van der Waals surface area contributed by atoms with Crippen LogP contribution in [0.3, 0.4) is 0 Å². The van der Waals surface area contributed by atoms with Crippen molar-refractivity contribution in [3.63, 3.8) is 0 Å². The lowest BCUT2D eigenvalue weighted by atomic mass is 10.1. The van der Waals surface area contributed by atoms with Gasteiger partial charge in [-0.25, -0.2) is 0 Å². The molecule has 0 saturated carbocycles. The van der Waals surface area contributed by atoms with Crippen molar-refractivity contribution in [3.05, 3.63) is 46.2 Å². The molecule has 2 aromatic rings. The largest absolute Gasteiger partial charge is 0.349 e. The van der Waals surface area contributed by atoms with Gasteiger partial charge in [-0.05, 0) is 32.4 Å². The van der Waals surface area contributed by atoms with Gasteiger partial charge in [-0.2, -0.15) is 0 Å². The Morgan fingerprint density at radius 1 is 1.30 bits per heavy atom. The van der Waals surface area contributed by atoms with Crippen LogP contribution in [0.2, 0.25) is 0 Å². The Balaban J connectivity index is 2.57. The molecule has 1 aromatic carbocycles. The Kier molecular flexibility index (Phi) is 4.23. The van der Waals surface area contributed by atoms with Crippen LogP contribution in [-0.4, -0.2) is 16.5 Å². The van der Waals surface area contributed by atoms with Crippen molar-refractivity contribution in [2.45, 2.75) is 39.8 Å². The molecule has 0 aliphatic carbocycles. The number of nitrogens with one attached hydrogen (secondary N) is 1. The smallest absolute Gasteiger partial charge is 0.256 e. The normalized spacial score (nSPS) is 12.3. The zero-order valence-corrected chi connectivity index (χ0v) is 12.1. The van der Waals surface area contributed by atoms with E-state index in [4.69, 9.17) is 0 Å². The number of pyridine rings is 1. The third kappa shape index (κ3) is 2.59. The number of amides is 1. The topological polar surface area (TPSA) is 51.1 Å². The quantitative estimate of drug-likeness (QED) is 0.930. The molecule has 0 fully saturated rings. The average molecular weight is 272 g/mol. The van der Waals surface area contributed by atoms with Gasteiger partial charge >= 0.3 is 0 Å². The minimum atomic E-state index is -0.294. The predicted molar refractivity (Wildman–Crippen MR) is 81.1 cm³/mol. The summed E-state index contributed by atoms with van der Waals surface area (Å²) in [5.74, 6) is -0.294. The van der Waals surface area contributed by atoms with Crippen molar-refractivity contribution in [3.8, 4) is 0 Å². The molecule has 0 aliphatic rings. The highest BCUT2D eigenvalue weighted by Gasteiger charge is 2.15. The summed E-state index contributed by atoms with van der Waals surface area (Å²) in [7, 11) is 0. The first-order valence-electron chi connectivity index (χ1n) is 7.01. The fourth-order valence-electron chi connectivity index (χ4n) is 2.17. The molecule has 1 aromatic heterocycles. The van der Waals surface area contributed by atoms with Gasteiger partial charge in [0.05, 0.1) is 5.52 Å². The number of carbonyl (C=O) groups is 1. The number of carbonyl (C=O) groups excluding carboxylic acids is 1. The van der Waals surface area contributed by atoms with Gasteiger partial charge in [0.15, 0.2) is 0 Å². The van der Waals surface area contributed by atoms with Crippen LogP contribution >= 0.6 is 0 Å². The zero-order valence-electron chi connectivity index (χ0n) is 12.1. The van der Waals surface area contributed by atoms with Crippen molar-refractivity contribution in [1.29, 1.82) is 0 Å². The van der Waals surface area contributed by atoms with E-state index in [1.54, 1.807) is 12.3 Å². The Bertz CT molecular complexity index is 688. The molecule has 0 unspecified atom stereocenters. The number of aromatic nitrogens is 1. The van der Waals surface area contributed by atoms with Crippen LogP contribution in [0.4, 0.5) is 0 Å². The maximum Gasteiger partial charge on any atom is 0.256 e. The lowest BCUT2D eigenvalue weighted by Gasteiger charge is -2.14. The highest BCUT2D eigenvalue weighted by molar-refractivity contribution is 5.97. The van der Waals surface area contributed by atoms with Crippen molar-refractivity contribution in [1.82, 2.24) is 9.88 Å². The summed E-state index contributed by atoms with van der Waals surface area (Å²) in [6, 6.07) is 7.44. The molecule has 0 radical (unpaired) electrons. The highest BCUT2D eigenvalue weighted by atomic mass is 16.2. The maximum absolute atomic E-state index is 12.4. The second-order valence-electron chi connectivity index (χ2n) is 4.96. The van der Waals surface area contributed by atoms with Crippen LogP contribution in [0, 0.1) is 0 Å². The van der Waals surface area contributed by atoms with E-state index in [0.717, 1.165) is 11.9 Å². The number of para-hydroxylation sites is 1. The monoisotopic (exact) mass is 272 g/mol. The van der Waals surface area contributed by atoms with Crippen LogP contribution in [0.1, 0.15) is 37.6 Å². The first kappa shape index (κ1) is 14.3. The van der Waals surface area contributed by atoms with Crippen LogP contribution in [0.5, 0.6) is 0 Å². The summed E-state index contributed by atoms with van der Waals surface area (Å²) >= 11 is 0. The van der Waals surface area contributed by atoms with Gasteiger partial charge in [-0.15, -0.1) is 0 Å². The number of rotatable bonds is 4. The molecule has 0 spiro atoms. The summed E-state index contributed by atoms with van der Waals surface area (Å²) < 4.78 is 1.93. The molecule has 1 amide bonds. The average Bonchev–Trinajstić information content (AvgIpc) is 2.47. The maximum atomic E-state index is 12.4. The van der Waals surface area contributed by atoms with Crippen LogP contribution in [-0.2, 0) is 6.54 Å². The minimum absolute atomic E-state index is 0.0587. The molecule has 20 heavy (non-hydrogen) atoms. The Labute approximate surface area is 118 Å². The third-order valence-corrected chi connectivity index (χ3v) is 3.56. The van der Waals surface area contributed by atoms with Gasteiger partial charge in [0.2, 0.25) is 5.43 Å². The first-order valence-corrected chi connectivity index (χ1v) is 7.01. The van der Waals surface area contributed by atoms with E-state index in [1.165, 1.54) is 0 Å². The molecular formula is C16H20N2O2. The number of hydrogen-bond acceptors (Lipinski definition) is 2. The fourth-order valence-corrected chi connectivity index (χ4v) is 2.17. The van der Waals surface area contributed by atoms with Crippen molar-refractivity contribution in [2.75, 3.05) is 0 Å². The van der Waals surface area contributed by atoms with E-state index in [9.17, 15) is 9.59 Å². The minimum Gasteiger partial charge on any atom is -0.349 e. The molecule has 4 heteroatoms. The molecule has 1 heterocycles. The van der Waals surface area contributed by atoms with Gasteiger partial charge in [-0.3, -0.25) is 9.59 Å². The van der Waals surface area contributed by atoms with Gasteiger partial charge in [-0.1, -0.05) is 19.1 Å². The summed E-state index contributed by atoms with van der Waals surface area (Å²) in [6.45, 7) is 6.63. The first-order chi connectivity index (χ1) is 9.58. The lowest BCUT2D eigenvalue weighted by molar-refractivity contribution is 0.0937. The standard InChI is InChI=1S/C16H20N2O2/c1-4-11(3)17-16(20)13-10-18(5-2)14-9-7-6-8-12(14)15(13)19/h6-11H,4-5H2,1-3H3,(H,17,20)/t11-/m1/s1. The zero-order chi connectivity index (χ0) is 14.7. The molecule has 106 valence electrons. The van der Waals surface area contributed by atoms with Crippen LogP contribution < -0.4 is 10.7 Å². The molecule has 0 saturated heterocycles. The second-order valence-corrected chi connectivity index (χ2v) is 4.96. The van der Waals surface area contributed by atoms with Gasteiger partial charge in [0.25, 0.3) is 5.91 Å². The van der Waals surface area contributed by atoms with Crippen molar-refractivity contribution in [2.24, 2.45) is 0 Å². The number of hydrogen-bond donors (Lipinski definition) is 1. The Hall–Kier alpha value is -2.10. The molecule has 1 atom stereocenters. The summed E-state index contributed by atoms with van der Waals surface area (Å²) in [6.07, 6.45) is 2.49. The number of benzene rings is 1. The van der Waals surface area contributed by atoms with E-state index < -0.39 is 0 Å². The Morgan fingerprint density at radius 3 is 2.65 bits per heavy atom. The second kappa shape index (κ2) is 5.90. The predicted octanol–water partition coefficient (Wildman–Crippen LogP) is 2.55. The summed E-state index contributed by atoms with van der Waals surface area (Å²) in [5, 5.41) is 3.44. The fraction of sp³-hybridized carbons (Fsp3) is 0.375. The summed E-state index contributed by atoms with van der Waals surface area (Å²) in [4.78, 5) is 24.7. The molecule has 0 bridgehead atoms. The van der Waals surface area contributed by atoms with Crippen molar-refractivity contribution >= 4 is 16.8 Å². The SMILES string of the molecule is CC[C@@H](C)NC(=O)c1cn(CC)c2ccccc2c1=O. The lowest BCUT2D eigenvalue weighted by Crippen LogP contribution is -2.35. The number of aryl methyl sites for hydroxylation is 1. The third-order valence-electron chi connectivity index (χ3n) is 3.56. The van der Waals surface area contributed by atoms with E-state index >= 15 is 0 Å². The van der Waals surface area contributed by atoms with Gasteiger partial charge in [0.1, 0.15) is 5.56 Å². The van der Waals surface area contributed by atoms with E-state index in [1.807, 2.05) is 43.5 Å². The number of nitrogens with zero attached hydrogens (tertiary/aromatic N) is 1. The van der Waals surface area contributed by atoms with E-state index in [0.29, 0.717) is 11.9 Å². The summed E-state index contributed by atoms with van der Waals surface area (Å²) in [5.41, 5.74) is 0.872. The van der Waals surface area contributed by atoms with Crippen LogP contribution in [0.25, 0.3) is 10.9 Å². The molecule has 4 nitrogen and oxygen atoms in total. The van der Waals surface area contributed by atoms with Crippen molar-refractivity contribution < 1.29 is 4.79 Å². The van der Waals surface area contributed by atoms with Gasteiger partial charge < -0.3 is 9.88 Å². The highest BCUT2D eigenvalue weighted by Crippen LogP contribution is 2.11. The van der Waals surface area contributed by atoms with E-state index in [2.05, 4.69) is 5.32 Å². The molecule has 0 aliphatic heterocycles. The van der Waals surface area contributed by atoms with Gasteiger partial charge in [0, 0.05) is 24.2 Å². The Morgan fingerprint density at radius 2 is 2.00 bits per heavy atom. The number of fused-ring (bicyclic) bond motifs is 1. The van der Waals surface area contributed by atoms with Crippen LogP contribution in [0.15, 0.2) is 35.3 Å².